The van der Waals surface area contributed by atoms with E-state index in [-0.39, 0.29) is 5.56 Å². The van der Waals surface area contributed by atoms with Crippen LogP contribution in [0.4, 0.5) is 5.69 Å². The van der Waals surface area contributed by atoms with Crippen LogP contribution in [-0.4, -0.2) is 39.2 Å². The lowest BCUT2D eigenvalue weighted by molar-refractivity contribution is -0.123. The summed E-state index contributed by atoms with van der Waals surface area (Å²) in [5.74, 6) is -0.413. The van der Waals surface area contributed by atoms with E-state index in [4.69, 9.17) is 9.47 Å². The van der Waals surface area contributed by atoms with Gasteiger partial charge < -0.3 is 14.8 Å². The van der Waals surface area contributed by atoms with E-state index in [1.54, 1.807) is 35.0 Å². The van der Waals surface area contributed by atoms with Gasteiger partial charge in [0.15, 0.2) is 11.8 Å². The second-order valence-electron chi connectivity index (χ2n) is 6.98. The average molecular weight is 430 g/mol. The van der Waals surface area contributed by atoms with Gasteiger partial charge in [-0.2, -0.15) is 5.10 Å². The van der Waals surface area contributed by atoms with Crippen LogP contribution < -0.4 is 10.1 Å². The van der Waals surface area contributed by atoms with E-state index in [9.17, 15) is 9.59 Å². The quantitative estimate of drug-likeness (QED) is 0.446. The summed E-state index contributed by atoms with van der Waals surface area (Å²) in [7, 11) is 0. The van der Waals surface area contributed by atoms with Crippen molar-refractivity contribution in [3.63, 3.8) is 0 Å². The van der Waals surface area contributed by atoms with E-state index in [2.05, 4.69) is 15.4 Å². The summed E-state index contributed by atoms with van der Waals surface area (Å²) in [6, 6.07) is 18.4. The molecule has 1 N–H and O–H groups in total. The third-order valence-electron chi connectivity index (χ3n) is 4.78. The molecular formula is C24H22N4O4. The standard InChI is InChI=1S/C24H22N4O4/c1-3-31-19-11-9-18(10-12-19)27-23(29)16(2)32-24(30)20-15-26-28-21(13-14-25-22(20)28)17-7-5-4-6-8-17/h4-16H,3H2,1-2H3,(H,27,29). The molecule has 2 aromatic heterocycles. The van der Waals surface area contributed by atoms with Crippen molar-refractivity contribution < 1.29 is 19.1 Å². The zero-order chi connectivity index (χ0) is 22.5. The van der Waals surface area contributed by atoms with Crippen LogP contribution in [0.1, 0.15) is 24.2 Å². The lowest BCUT2D eigenvalue weighted by atomic mass is 10.1. The molecule has 1 atom stereocenters. The Hall–Kier alpha value is -4.20. The van der Waals surface area contributed by atoms with Gasteiger partial charge in [-0.1, -0.05) is 30.3 Å². The highest BCUT2D eigenvalue weighted by Crippen LogP contribution is 2.21. The maximum atomic E-state index is 12.7. The molecule has 1 amide bonds. The fraction of sp³-hybridized carbons (Fsp3) is 0.167. The van der Waals surface area contributed by atoms with Crippen molar-refractivity contribution in [1.82, 2.24) is 14.6 Å². The fourth-order valence-electron chi connectivity index (χ4n) is 3.19. The van der Waals surface area contributed by atoms with E-state index in [0.29, 0.717) is 23.7 Å². The number of hydrogen-bond acceptors (Lipinski definition) is 6. The molecule has 32 heavy (non-hydrogen) atoms. The predicted octanol–water partition coefficient (Wildman–Crippen LogP) is 3.98. The highest BCUT2D eigenvalue weighted by molar-refractivity contribution is 6.00. The van der Waals surface area contributed by atoms with Crippen molar-refractivity contribution >= 4 is 23.2 Å². The zero-order valence-electron chi connectivity index (χ0n) is 17.7. The first-order valence-corrected chi connectivity index (χ1v) is 10.2. The molecule has 4 rings (SSSR count). The first-order valence-electron chi connectivity index (χ1n) is 10.2. The molecule has 2 heterocycles. The first kappa shape index (κ1) is 21.0. The summed E-state index contributed by atoms with van der Waals surface area (Å²) < 4.78 is 12.3. The normalized spacial score (nSPS) is 11.7. The summed E-state index contributed by atoms with van der Waals surface area (Å²) in [6.07, 6.45) is 1.99. The second kappa shape index (κ2) is 9.30. The van der Waals surface area contributed by atoms with Gasteiger partial charge >= 0.3 is 5.97 Å². The number of ether oxygens (including phenoxy) is 2. The Morgan fingerprint density at radius 2 is 1.81 bits per heavy atom. The molecule has 0 fully saturated rings. The number of esters is 1. The number of hydrogen-bond donors (Lipinski definition) is 1. The maximum absolute atomic E-state index is 12.7. The summed E-state index contributed by atoms with van der Waals surface area (Å²) in [5, 5.41) is 7.02. The SMILES string of the molecule is CCOc1ccc(NC(=O)C(C)OC(=O)c2cnn3c(-c4ccccc4)ccnc23)cc1. The number of anilines is 1. The number of benzene rings is 2. The zero-order valence-corrected chi connectivity index (χ0v) is 17.7. The Kier molecular flexibility index (Phi) is 6.12. The van der Waals surface area contributed by atoms with Crippen LogP contribution in [-0.2, 0) is 9.53 Å². The van der Waals surface area contributed by atoms with Gasteiger partial charge in [0.25, 0.3) is 5.91 Å². The van der Waals surface area contributed by atoms with Crippen LogP contribution in [0, 0.1) is 0 Å². The van der Waals surface area contributed by atoms with Gasteiger partial charge in [0.05, 0.1) is 18.5 Å². The molecule has 162 valence electrons. The van der Waals surface area contributed by atoms with Crippen molar-refractivity contribution in [3.8, 4) is 17.0 Å². The highest BCUT2D eigenvalue weighted by atomic mass is 16.5. The van der Waals surface area contributed by atoms with Gasteiger partial charge in [-0.25, -0.2) is 14.3 Å². The number of amides is 1. The van der Waals surface area contributed by atoms with E-state index in [0.717, 1.165) is 11.3 Å². The minimum Gasteiger partial charge on any atom is -0.494 e. The summed E-state index contributed by atoms with van der Waals surface area (Å²) in [5.41, 5.74) is 2.84. The third-order valence-corrected chi connectivity index (χ3v) is 4.78. The number of fused-ring (bicyclic) bond motifs is 1. The van der Waals surface area contributed by atoms with Crippen LogP contribution in [0.5, 0.6) is 5.75 Å². The van der Waals surface area contributed by atoms with Crippen LogP contribution >= 0.6 is 0 Å². The van der Waals surface area contributed by atoms with Crippen LogP contribution in [0.3, 0.4) is 0 Å². The minimum absolute atomic E-state index is 0.184. The van der Waals surface area contributed by atoms with Crippen LogP contribution in [0.15, 0.2) is 73.1 Å². The van der Waals surface area contributed by atoms with Gasteiger partial charge in [0, 0.05) is 17.4 Å². The molecule has 8 nitrogen and oxygen atoms in total. The number of rotatable bonds is 7. The smallest absolute Gasteiger partial charge is 0.344 e. The molecule has 0 spiro atoms. The van der Waals surface area contributed by atoms with E-state index in [1.807, 2.05) is 43.3 Å². The molecule has 0 aliphatic rings. The largest absolute Gasteiger partial charge is 0.494 e. The highest BCUT2D eigenvalue weighted by Gasteiger charge is 2.23. The van der Waals surface area contributed by atoms with E-state index >= 15 is 0 Å². The van der Waals surface area contributed by atoms with Crippen molar-refractivity contribution in [2.75, 3.05) is 11.9 Å². The van der Waals surface area contributed by atoms with Crippen molar-refractivity contribution in [2.24, 2.45) is 0 Å². The molecule has 1 unspecified atom stereocenters. The lowest BCUT2D eigenvalue weighted by Crippen LogP contribution is -2.30. The van der Waals surface area contributed by atoms with Gasteiger partial charge in [0.1, 0.15) is 11.3 Å². The van der Waals surface area contributed by atoms with E-state index < -0.39 is 18.0 Å². The topological polar surface area (TPSA) is 94.8 Å². The Morgan fingerprint density at radius 3 is 2.53 bits per heavy atom. The Morgan fingerprint density at radius 1 is 1.06 bits per heavy atom. The van der Waals surface area contributed by atoms with E-state index in [1.165, 1.54) is 13.1 Å². The van der Waals surface area contributed by atoms with Gasteiger partial charge in [-0.05, 0) is 44.2 Å². The van der Waals surface area contributed by atoms with Gasteiger partial charge in [-0.3, -0.25) is 4.79 Å². The number of aromatic nitrogens is 3. The molecule has 8 heteroatoms. The molecule has 0 bridgehead atoms. The first-order chi connectivity index (χ1) is 15.6. The van der Waals surface area contributed by atoms with Crippen LogP contribution in [0.2, 0.25) is 0 Å². The molecule has 0 saturated carbocycles. The summed E-state index contributed by atoms with van der Waals surface area (Å²) in [6.45, 7) is 3.97. The number of carbonyl (C=O) groups excluding carboxylic acids is 2. The Balaban J connectivity index is 1.47. The lowest BCUT2D eigenvalue weighted by Gasteiger charge is -2.13. The molecule has 0 saturated heterocycles. The van der Waals surface area contributed by atoms with Crippen molar-refractivity contribution in [3.05, 3.63) is 78.6 Å². The number of nitrogens with one attached hydrogen (secondary N) is 1. The second-order valence-corrected chi connectivity index (χ2v) is 6.98. The van der Waals surface area contributed by atoms with Crippen molar-refractivity contribution in [2.45, 2.75) is 20.0 Å². The molecule has 2 aromatic carbocycles. The van der Waals surface area contributed by atoms with Gasteiger partial charge in [-0.15, -0.1) is 0 Å². The molecule has 0 radical (unpaired) electrons. The summed E-state index contributed by atoms with van der Waals surface area (Å²) in [4.78, 5) is 29.5. The van der Waals surface area contributed by atoms with Crippen molar-refractivity contribution in [1.29, 1.82) is 0 Å². The average Bonchev–Trinajstić information content (AvgIpc) is 3.25. The molecular weight excluding hydrogens is 408 g/mol. The Labute approximate surface area is 184 Å². The number of nitrogens with zero attached hydrogens (tertiary/aromatic N) is 3. The maximum Gasteiger partial charge on any atom is 0.344 e. The number of carbonyl (C=O) groups is 2. The monoisotopic (exact) mass is 430 g/mol. The summed E-state index contributed by atoms with van der Waals surface area (Å²) >= 11 is 0. The molecule has 0 aliphatic heterocycles. The Bertz CT molecular complexity index is 1240. The molecule has 4 aromatic rings. The van der Waals surface area contributed by atoms with Crippen LogP contribution in [0.25, 0.3) is 16.9 Å². The fourth-order valence-corrected chi connectivity index (χ4v) is 3.19. The minimum atomic E-state index is -1.01. The third kappa shape index (κ3) is 4.44. The predicted molar refractivity (Wildman–Crippen MR) is 120 cm³/mol. The van der Waals surface area contributed by atoms with Gasteiger partial charge in [0.2, 0.25) is 0 Å². The molecule has 0 aliphatic carbocycles.